The monoisotopic (exact) mass is 283 g/mol. The van der Waals surface area contributed by atoms with Crippen LogP contribution in [-0.2, 0) is 11.2 Å². The molecule has 0 atom stereocenters. The van der Waals surface area contributed by atoms with Gasteiger partial charge in [-0.15, -0.1) is 0 Å². The van der Waals surface area contributed by atoms with Gasteiger partial charge in [0.05, 0.1) is 12.1 Å². The molecular weight excluding hydrogens is 269 g/mol. The SMILES string of the molecule is O=C1CCN(C(=O)Cc2ccc(F)cc2)c2ccccc21. The number of benzene rings is 2. The van der Waals surface area contributed by atoms with Crippen LogP contribution in [0.15, 0.2) is 48.5 Å². The number of para-hydroxylation sites is 1. The second-order valence-electron chi connectivity index (χ2n) is 5.04. The Bertz CT molecular complexity index is 694. The third-order valence-corrected chi connectivity index (χ3v) is 3.63. The molecule has 2 aromatic carbocycles. The van der Waals surface area contributed by atoms with Crippen molar-refractivity contribution in [2.24, 2.45) is 0 Å². The lowest BCUT2D eigenvalue weighted by atomic mass is 9.99. The minimum absolute atomic E-state index is 0.0661. The van der Waals surface area contributed by atoms with Gasteiger partial charge < -0.3 is 4.90 Å². The number of hydrogen-bond donors (Lipinski definition) is 0. The highest BCUT2D eigenvalue weighted by Crippen LogP contribution is 2.27. The van der Waals surface area contributed by atoms with Crippen LogP contribution in [0, 0.1) is 5.82 Å². The highest BCUT2D eigenvalue weighted by Gasteiger charge is 2.26. The molecule has 0 saturated carbocycles. The molecule has 1 aliphatic heterocycles. The van der Waals surface area contributed by atoms with Crippen molar-refractivity contribution in [1.29, 1.82) is 0 Å². The molecule has 0 N–H and O–H groups in total. The van der Waals surface area contributed by atoms with E-state index in [1.165, 1.54) is 12.1 Å². The Labute approximate surface area is 122 Å². The summed E-state index contributed by atoms with van der Waals surface area (Å²) in [6, 6.07) is 13.0. The van der Waals surface area contributed by atoms with Crippen LogP contribution in [0.1, 0.15) is 22.3 Å². The molecule has 1 heterocycles. The summed E-state index contributed by atoms with van der Waals surface area (Å²) in [5, 5.41) is 0. The molecule has 1 aliphatic rings. The van der Waals surface area contributed by atoms with Gasteiger partial charge in [0.1, 0.15) is 5.82 Å². The molecule has 3 nitrogen and oxygen atoms in total. The van der Waals surface area contributed by atoms with Crippen molar-refractivity contribution in [2.45, 2.75) is 12.8 Å². The number of fused-ring (bicyclic) bond motifs is 1. The van der Waals surface area contributed by atoms with Gasteiger partial charge in [-0.2, -0.15) is 0 Å². The summed E-state index contributed by atoms with van der Waals surface area (Å²) in [6.07, 6.45) is 0.537. The standard InChI is InChI=1S/C17H14FNO2/c18-13-7-5-12(6-8-13)11-17(21)19-10-9-16(20)14-3-1-2-4-15(14)19/h1-8H,9-11H2. The number of halogens is 1. The van der Waals surface area contributed by atoms with Gasteiger partial charge in [0.15, 0.2) is 5.78 Å². The van der Waals surface area contributed by atoms with E-state index in [4.69, 9.17) is 0 Å². The molecule has 1 amide bonds. The minimum Gasteiger partial charge on any atom is -0.311 e. The largest absolute Gasteiger partial charge is 0.311 e. The second-order valence-corrected chi connectivity index (χ2v) is 5.04. The molecular formula is C17H14FNO2. The molecule has 21 heavy (non-hydrogen) atoms. The first-order valence-electron chi connectivity index (χ1n) is 6.82. The number of rotatable bonds is 2. The average molecular weight is 283 g/mol. The van der Waals surface area contributed by atoms with E-state index in [-0.39, 0.29) is 23.9 Å². The highest BCUT2D eigenvalue weighted by molar-refractivity contribution is 6.09. The summed E-state index contributed by atoms with van der Waals surface area (Å²) < 4.78 is 12.9. The summed E-state index contributed by atoms with van der Waals surface area (Å²) in [5.41, 5.74) is 2.02. The Hall–Kier alpha value is -2.49. The average Bonchev–Trinajstić information content (AvgIpc) is 2.50. The fourth-order valence-electron chi connectivity index (χ4n) is 2.54. The number of ketones is 1. The Balaban J connectivity index is 1.84. The smallest absolute Gasteiger partial charge is 0.231 e. The Morgan fingerprint density at radius 1 is 1.10 bits per heavy atom. The van der Waals surface area contributed by atoms with Crippen molar-refractivity contribution in [3.63, 3.8) is 0 Å². The highest BCUT2D eigenvalue weighted by atomic mass is 19.1. The van der Waals surface area contributed by atoms with Crippen LogP contribution in [0.2, 0.25) is 0 Å². The number of amides is 1. The van der Waals surface area contributed by atoms with Crippen LogP contribution in [0.3, 0.4) is 0 Å². The summed E-state index contributed by atoms with van der Waals surface area (Å²) in [5.74, 6) is -0.335. The summed E-state index contributed by atoms with van der Waals surface area (Å²) >= 11 is 0. The maximum absolute atomic E-state index is 12.9. The van der Waals surface area contributed by atoms with Crippen LogP contribution >= 0.6 is 0 Å². The van der Waals surface area contributed by atoms with Gasteiger partial charge in [-0.25, -0.2) is 4.39 Å². The van der Waals surface area contributed by atoms with Gasteiger partial charge in [-0.3, -0.25) is 9.59 Å². The predicted octanol–water partition coefficient (Wildman–Crippen LogP) is 2.99. The number of Topliss-reactive ketones (excluding diaryl/α,β-unsaturated/α-hetero) is 1. The Morgan fingerprint density at radius 3 is 2.57 bits per heavy atom. The zero-order valence-corrected chi connectivity index (χ0v) is 11.4. The minimum atomic E-state index is -0.319. The molecule has 0 spiro atoms. The molecule has 4 heteroatoms. The molecule has 0 unspecified atom stereocenters. The van der Waals surface area contributed by atoms with E-state index in [0.717, 1.165) is 5.56 Å². The van der Waals surface area contributed by atoms with E-state index in [1.807, 2.05) is 6.07 Å². The van der Waals surface area contributed by atoms with E-state index in [1.54, 1.807) is 35.2 Å². The van der Waals surface area contributed by atoms with Crippen LogP contribution in [0.5, 0.6) is 0 Å². The third-order valence-electron chi connectivity index (χ3n) is 3.63. The maximum Gasteiger partial charge on any atom is 0.231 e. The van der Waals surface area contributed by atoms with E-state index in [2.05, 4.69) is 0 Å². The molecule has 0 radical (unpaired) electrons. The van der Waals surface area contributed by atoms with E-state index in [9.17, 15) is 14.0 Å². The molecule has 3 rings (SSSR count). The summed E-state index contributed by atoms with van der Waals surface area (Å²) in [6.45, 7) is 0.399. The maximum atomic E-state index is 12.9. The number of carbonyl (C=O) groups is 2. The lowest BCUT2D eigenvalue weighted by Crippen LogP contribution is -2.38. The van der Waals surface area contributed by atoms with Crippen molar-refractivity contribution in [1.82, 2.24) is 0 Å². The summed E-state index contributed by atoms with van der Waals surface area (Å²) in [7, 11) is 0. The van der Waals surface area contributed by atoms with Crippen LogP contribution < -0.4 is 4.90 Å². The zero-order chi connectivity index (χ0) is 14.8. The van der Waals surface area contributed by atoms with Crippen molar-refractivity contribution in [2.75, 3.05) is 11.4 Å². The molecule has 0 aliphatic carbocycles. The van der Waals surface area contributed by atoms with Gasteiger partial charge in [0.25, 0.3) is 0 Å². The molecule has 0 fully saturated rings. The Morgan fingerprint density at radius 2 is 1.81 bits per heavy atom. The quantitative estimate of drug-likeness (QED) is 0.849. The normalized spacial score (nSPS) is 14.0. The van der Waals surface area contributed by atoms with Gasteiger partial charge in [-0.05, 0) is 29.8 Å². The van der Waals surface area contributed by atoms with Crippen molar-refractivity contribution >= 4 is 17.4 Å². The fraction of sp³-hybridized carbons (Fsp3) is 0.176. The van der Waals surface area contributed by atoms with E-state index < -0.39 is 0 Å². The number of carbonyl (C=O) groups excluding carboxylic acids is 2. The van der Waals surface area contributed by atoms with Crippen LogP contribution in [0.4, 0.5) is 10.1 Å². The van der Waals surface area contributed by atoms with Gasteiger partial charge in [0, 0.05) is 18.5 Å². The van der Waals surface area contributed by atoms with Crippen molar-refractivity contribution in [3.05, 3.63) is 65.5 Å². The number of hydrogen-bond acceptors (Lipinski definition) is 2. The topological polar surface area (TPSA) is 37.4 Å². The molecule has 0 saturated heterocycles. The summed E-state index contributed by atoms with van der Waals surface area (Å²) in [4.78, 5) is 26.0. The lowest BCUT2D eigenvalue weighted by Gasteiger charge is -2.28. The van der Waals surface area contributed by atoms with E-state index >= 15 is 0 Å². The second kappa shape index (κ2) is 5.48. The first kappa shape index (κ1) is 13.5. The Kier molecular flexibility index (Phi) is 3.52. The molecule has 2 aromatic rings. The molecule has 0 bridgehead atoms. The number of anilines is 1. The van der Waals surface area contributed by atoms with E-state index in [0.29, 0.717) is 24.2 Å². The van der Waals surface area contributed by atoms with Gasteiger partial charge >= 0.3 is 0 Å². The van der Waals surface area contributed by atoms with Crippen molar-refractivity contribution < 1.29 is 14.0 Å². The van der Waals surface area contributed by atoms with Gasteiger partial charge in [0.2, 0.25) is 5.91 Å². The third kappa shape index (κ3) is 2.70. The van der Waals surface area contributed by atoms with Crippen LogP contribution in [0.25, 0.3) is 0 Å². The first-order chi connectivity index (χ1) is 10.1. The van der Waals surface area contributed by atoms with Crippen LogP contribution in [-0.4, -0.2) is 18.2 Å². The van der Waals surface area contributed by atoms with Gasteiger partial charge in [-0.1, -0.05) is 24.3 Å². The molecule has 106 valence electrons. The fourth-order valence-corrected chi connectivity index (χ4v) is 2.54. The first-order valence-corrected chi connectivity index (χ1v) is 6.82. The molecule has 0 aromatic heterocycles. The number of nitrogens with zero attached hydrogens (tertiary/aromatic N) is 1. The lowest BCUT2D eigenvalue weighted by molar-refractivity contribution is -0.118. The van der Waals surface area contributed by atoms with Crippen molar-refractivity contribution in [3.8, 4) is 0 Å². The predicted molar refractivity (Wildman–Crippen MR) is 77.8 cm³/mol. The zero-order valence-electron chi connectivity index (χ0n) is 11.4.